The lowest BCUT2D eigenvalue weighted by molar-refractivity contribution is 0.333. The monoisotopic (exact) mass is 533 g/mol. The number of rotatable bonds is 7. The first-order valence-corrected chi connectivity index (χ1v) is 12.8. The number of anilines is 2. The van der Waals surface area contributed by atoms with Crippen LogP contribution in [0.1, 0.15) is 68.1 Å². The highest BCUT2D eigenvalue weighted by atomic mass is 19.1. The zero-order valence-corrected chi connectivity index (χ0v) is 21.7. The van der Waals surface area contributed by atoms with Crippen LogP contribution < -0.4 is 21.3 Å². The summed E-state index contributed by atoms with van der Waals surface area (Å²) in [7, 11) is 1.36. The van der Waals surface area contributed by atoms with Crippen LogP contribution in [0, 0.1) is 17.0 Å². The Labute approximate surface area is 223 Å². The summed E-state index contributed by atoms with van der Waals surface area (Å²) >= 11 is 0. The molecule has 2 aromatic heterocycles. The van der Waals surface area contributed by atoms with E-state index in [0.717, 1.165) is 32.1 Å². The summed E-state index contributed by atoms with van der Waals surface area (Å²) in [5, 5.41) is 12.0. The van der Waals surface area contributed by atoms with Crippen molar-refractivity contribution in [3.63, 3.8) is 0 Å². The van der Waals surface area contributed by atoms with Gasteiger partial charge in [-0.2, -0.15) is 0 Å². The average Bonchev–Trinajstić information content (AvgIpc) is 2.93. The summed E-state index contributed by atoms with van der Waals surface area (Å²) in [5.74, 6) is -0.500. The third-order valence-corrected chi connectivity index (χ3v) is 7.15. The summed E-state index contributed by atoms with van der Waals surface area (Å²) in [6.07, 6.45) is 5.86. The van der Waals surface area contributed by atoms with Crippen LogP contribution in [0.4, 0.5) is 20.4 Å². The number of nitrogens with zero attached hydrogens (tertiary/aromatic N) is 4. The molecule has 5 rings (SSSR count). The maximum Gasteiger partial charge on any atom is 0.264 e. The standard InChI is InChI=1S/C28H29F2N7O2/c1-15(27-36-20-10-6-9-18(29)22(20)28(38)37(27)17-7-4-3-5-8-17)35-26-23(25(32)33-14-34-26)24(31)16-11-12-21(39-2)19(30)13-16/h6,9-15,17,31H,3-5,7-8H2,1-2H3,(H3,32,33,34,35). The molecule has 39 heavy (non-hydrogen) atoms. The maximum atomic E-state index is 14.7. The lowest BCUT2D eigenvalue weighted by Gasteiger charge is -2.29. The van der Waals surface area contributed by atoms with Crippen molar-refractivity contribution in [3.05, 3.63) is 81.7 Å². The maximum absolute atomic E-state index is 14.7. The van der Waals surface area contributed by atoms with Gasteiger partial charge in [0.05, 0.1) is 29.9 Å². The van der Waals surface area contributed by atoms with Crippen molar-refractivity contribution in [2.75, 3.05) is 18.2 Å². The Morgan fingerprint density at radius 1 is 1.15 bits per heavy atom. The number of hydrogen-bond donors (Lipinski definition) is 3. The minimum Gasteiger partial charge on any atom is -0.494 e. The van der Waals surface area contributed by atoms with E-state index in [0.29, 0.717) is 5.82 Å². The quantitative estimate of drug-likeness (QED) is 0.280. The molecule has 1 unspecified atom stereocenters. The predicted molar refractivity (Wildman–Crippen MR) is 145 cm³/mol. The molecule has 1 aliphatic rings. The molecule has 1 aliphatic carbocycles. The van der Waals surface area contributed by atoms with Crippen molar-refractivity contribution < 1.29 is 13.5 Å². The molecule has 11 heteroatoms. The summed E-state index contributed by atoms with van der Waals surface area (Å²) in [5.41, 5.74) is 6.34. The molecule has 9 nitrogen and oxygen atoms in total. The van der Waals surface area contributed by atoms with Gasteiger partial charge < -0.3 is 15.8 Å². The van der Waals surface area contributed by atoms with E-state index < -0.39 is 23.2 Å². The van der Waals surface area contributed by atoms with Crippen molar-refractivity contribution in [1.29, 1.82) is 5.41 Å². The Kier molecular flexibility index (Phi) is 7.23. The second kappa shape index (κ2) is 10.8. The fourth-order valence-electron chi connectivity index (χ4n) is 5.21. The first-order chi connectivity index (χ1) is 18.8. The lowest BCUT2D eigenvalue weighted by atomic mass is 9.94. The van der Waals surface area contributed by atoms with Crippen LogP contribution >= 0.6 is 0 Å². The van der Waals surface area contributed by atoms with Crippen molar-refractivity contribution >= 4 is 28.3 Å². The van der Waals surface area contributed by atoms with Crippen LogP contribution in [0.3, 0.4) is 0 Å². The van der Waals surface area contributed by atoms with Crippen LogP contribution in [0.5, 0.6) is 5.75 Å². The molecule has 2 heterocycles. The van der Waals surface area contributed by atoms with Gasteiger partial charge in [-0.25, -0.2) is 23.7 Å². The van der Waals surface area contributed by atoms with Gasteiger partial charge in [0.25, 0.3) is 5.56 Å². The van der Waals surface area contributed by atoms with Gasteiger partial charge in [-0.1, -0.05) is 25.3 Å². The first kappa shape index (κ1) is 26.2. The minimum atomic E-state index is -0.623. The number of nitrogens with two attached hydrogens (primary N) is 1. The van der Waals surface area contributed by atoms with Gasteiger partial charge in [0.2, 0.25) is 0 Å². The van der Waals surface area contributed by atoms with Gasteiger partial charge in [0, 0.05) is 11.6 Å². The van der Waals surface area contributed by atoms with E-state index in [4.69, 9.17) is 20.9 Å². The molecular weight excluding hydrogens is 504 g/mol. The summed E-state index contributed by atoms with van der Waals surface area (Å²) < 4.78 is 35.7. The highest BCUT2D eigenvalue weighted by molar-refractivity contribution is 6.16. The number of aromatic nitrogens is 4. The van der Waals surface area contributed by atoms with Crippen LogP contribution in [-0.2, 0) is 0 Å². The molecule has 0 spiro atoms. The average molecular weight is 534 g/mol. The fraction of sp³-hybridized carbons (Fsp3) is 0.321. The zero-order chi connectivity index (χ0) is 27.7. The van der Waals surface area contributed by atoms with Gasteiger partial charge in [-0.05, 0) is 50.1 Å². The number of nitrogens with one attached hydrogen (secondary N) is 2. The molecule has 0 amide bonds. The van der Waals surface area contributed by atoms with Crippen LogP contribution in [0.15, 0.2) is 47.5 Å². The van der Waals surface area contributed by atoms with Crippen LogP contribution in [0.2, 0.25) is 0 Å². The molecular formula is C28H29F2N7O2. The van der Waals surface area contributed by atoms with E-state index in [1.165, 1.54) is 37.7 Å². The topological polar surface area (TPSA) is 132 Å². The van der Waals surface area contributed by atoms with Crippen molar-refractivity contribution in [1.82, 2.24) is 19.5 Å². The largest absolute Gasteiger partial charge is 0.494 e. The Balaban J connectivity index is 1.58. The van der Waals surface area contributed by atoms with E-state index in [2.05, 4.69) is 15.3 Å². The molecule has 4 N–H and O–H groups in total. The second-order valence-corrected chi connectivity index (χ2v) is 9.64. The van der Waals surface area contributed by atoms with Crippen molar-refractivity contribution in [2.24, 2.45) is 0 Å². The predicted octanol–water partition coefficient (Wildman–Crippen LogP) is 5.15. The summed E-state index contributed by atoms with van der Waals surface area (Å²) in [6.45, 7) is 1.81. The summed E-state index contributed by atoms with van der Waals surface area (Å²) in [6, 6.07) is 7.86. The van der Waals surface area contributed by atoms with Gasteiger partial charge in [-0.3, -0.25) is 14.8 Å². The fourth-order valence-corrected chi connectivity index (χ4v) is 5.21. The second-order valence-electron chi connectivity index (χ2n) is 9.64. The number of benzene rings is 2. The Morgan fingerprint density at radius 3 is 2.64 bits per heavy atom. The third-order valence-electron chi connectivity index (χ3n) is 7.15. The van der Waals surface area contributed by atoms with E-state index in [-0.39, 0.29) is 51.2 Å². The van der Waals surface area contributed by atoms with Gasteiger partial charge in [0.1, 0.15) is 35.0 Å². The molecule has 1 saturated carbocycles. The van der Waals surface area contributed by atoms with Gasteiger partial charge in [-0.15, -0.1) is 0 Å². The normalized spacial score (nSPS) is 14.8. The van der Waals surface area contributed by atoms with E-state index >= 15 is 0 Å². The minimum absolute atomic E-state index is 0.0270. The molecule has 2 aromatic carbocycles. The molecule has 1 atom stereocenters. The van der Waals surface area contributed by atoms with E-state index in [1.807, 2.05) is 6.92 Å². The summed E-state index contributed by atoms with van der Waals surface area (Å²) in [4.78, 5) is 26.7. The molecule has 0 saturated heterocycles. The molecule has 202 valence electrons. The number of methoxy groups -OCH3 is 1. The van der Waals surface area contributed by atoms with Crippen LogP contribution in [-0.4, -0.2) is 32.3 Å². The lowest BCUT2D eigenvalue weighted by Crippen LogP contribution is -2.33. The number of nitrogen functional groups attached to an aromatic ring is 1. The Bertz CT molecular complexity index is 1620. The zero-order valence-electron chi connectivity index (χ0n) is 21.7. The SMILES string of the molecule is COc1ccc(C(=N)c2c(N)ncnc2NC(C)c2nc3cccc(F)c3c(=O)n2C2CCCCC2)cc1F. The molecule has 4 aromatic rings. The molecule has 1 fully saturated rings. The van der Waals surface area contributed by atoms with Crippen molar-refractivity contribution in [2.45, 2.75) is 51.1 Å². The Hall–Kier alpha value is -4.41. The first-order valence-electron chi connectivity index (χ1n) is 12.8. The third kappa shape index (κ3) is 4.91. The number of fused-ring (bicyclic) bond motifs is 1. The van der Waals surface area contributed by atoms with E-state index in [1.54, 1.807) is 16.7 Å². The molecule has 0 aliphatic heterocycles. The Morgan fingerprint density at radius 2 is 1.92 bits per heavy atom. The molecule has 0 radical (unpaired) electrons. The van der Waals surface area contributed by atoms with E-state index in [9.17, 15) is 13.6 Å². The molecule has 0 bridgehead atoms. The number of halogens is 2. The van der Waals surface area contributed by atoms with Crippen molar-refractivity contribution in [3.8, 4) is 5.75 Å². The number of ether oxygens (including phenoxy) is 1. The highest BCUT2D eigenvalue weighted by Crippen LogP contribution is 2.32. The smallest absolute Gasteiger partial charge is 0.264 e. The van der Waals surface area contributed by atoms with Crippen LogP contribution in [0.25, 0.3) is 10.9 Å². The number of hydrogen-bond acceptors (Lipinski definition) is 8. The highest BCUT2D eigenvalue weighted by Gasteiger charge is 2.27. The van der Waals surface area contributed by atoms with Gasteiger partial charge in [0.15, 0.2) is 11.6 Å². The van der Waals surface area contributed by atoms with Gasteiger partial charge >= 0.3 is 0 Å².